The third-order valence-electron chi connectivity index (χ3n) is 3.73. The van der Waals surface area contributed by atoms with Crippen LogP contribution in [0.5, 0.6) is 0 Å². The molecule has 0 aliphatic carbocycles. The summed E-state index contributed by atoms with van der Waals surface area (Å²) >= 11 is 3.77. The van der Waals surface area contributed by atoms with E-state index >= 15 is 0 Å². The first kappa shape index (κ1) is 19.5. The van der Waals surface area contributed by atoms with Crippen molar-refractivity contribution in [1.29, 1.82) is 0 Å². The topological polar surface area (TPSA) is 64.0 Å². The lowest BCUT2D eigenvalue weighted by Crippen LogP contribution is -2.23. The van der Waals surface area contributed by atoms with Crippen LogP contribution in [0.2, 0.25) is 0 Å². The van der Waals surface area contributed by atoms with Crippen molar-refractivity contribution in [3.05, 3.63) is 63.6 Å². The quantitative estimate of drug-likeness (QED) is 0.557. The Kier molecular flexibility index (Phi) is 6.22. The molecule has 3 aromatic rings. The van der Waals surface area contributed by atoms with Crippen molar-refractivity contribution < 1.29 is 13.6 Å². The minimum Gasteiger partial charge on any atom is -0.326 e. The first-order valence-electron chi connectivity index (χ1n) is 7.92. The van der Waals surface area contributed by atoms with Crippen molar-refractivity contribution in [2.75, 3.05) is 5.32 Å². The molecule has 0 fully saturated rings. The lowest BCUT2D eigenvalue weighted by atomic mass is 10.2. The van der Waals surface area contributed by atoms with Crippen molar-refractivity contribution in [3.8, 4) is 0 Å². The van der Waals surface area contributed by atoms with Crippen LogP contribution in [0.3, 0.4) is 0 Å². The van der Waals surface area contributed by atoms with Gasteiger partial charge >= 0.3 is 0 Å². The molecule has 0 aliphatic rings. The third kappa shape index (κ3) is 5.14. The van der Waals surface area contributed by atoms with Crippen LogP contribution in [0.25, 0.3) is 10.9 Å². The van der Waals surface area contributed by atoms with E-state index in [1.165, 1.54) is 23.0 Å². The van der Waals surface area contributed by atoms with Gasteiger partial charge in [0.2, 0.25) is 5.91 Å². The van der Waals surface area contributed by atoms with Crippen LogP contribution in [0.1, 0.15) is 6.42 Å². The van der Waals surface area contributed by atoms with Gasteiger partial charge in [-0.2, -0.15) is 8.78 Å². The van der Waals surface area contributed by atoms with E-state index in [0.717, 1.165) is 4.47 Å². The number of amides is 1. The van der Waals surface area contributed by atoms with Gasteiger partial charge in [-0.15, -0.1) is 0 Å². The molecule has 0 unspecified atom stereocenters. The first-order chi connectivity index (χ1) is 12.9. The van der Waals surface area contributed by atoms with Crippen molar-refractivity contribution in [2.24, 2.45) is 0 Å². The number of nitrogens with zero attached hydrogens (tertiary/aromatic N) is 2. The molecule has 5 nitrogen and oxygen atoms in total. The molecule has 1 aromatic heterocycles. The Balaban J connectivity index is 1.63. The molecule has 0 spiro atoms. The summed E-state index contributed by atoms with van der Waals surface area (Å²) in [5.41, 5.74) is 0.875. The molecule has 0 saturated heterocycles. The van der Waals surface area contributed by atoms with Crippen LogP contribution in [0.4, 0.5) is 14.5 Å². The molecule has 0 saturated carbocycles. The van der Waals surface area contributed by atoms with Gasteiger partial charge in [0.25, 0.3) is 11.3 Å². The van der Waals surface area contributed by atoms with Gasteiger partial charge in [-0.3, -0.25) is 14.2 Å². The van der Waals surface area contributed by atoms with Crippen LogP contribution in [-0.4, -0.2) is 21.2 Å². The molecule has 3 rings (SSSR count). The average Bonchev–Trinajstić information content (AvgIpc) is 2.63. The number of hydrogen-bond acceptors (Lipinski definition) is 4. The molecule has 140 valence electrons. The monoisotopic (exact) mass is 453 g/mol. The number of aromatic nitrogens is 2. The van der Waals surface area contributed by atoms with E-state index < -0.39 is 5.76 Å². The zero-order valence-corrected chi connectivity index (χ0v) is 16.3. The summed E-state index contributed by atoms with van der Waals surface area (Å²) in [6, 6.07) is 11.4. The van der Waals surface area contributed by atoms with E-state index in [0.29, 0.717) is 33.2 Å². The Labute approximate surface area is 165 Å². The number of carbonyl (C=O) groups excluding carboxylic acids is 1. The maximum absolute atomic E-state index is 12.5. The Hall–Kier alpha value is -2.26. The van der Waals surface area contributed by atoms with Gasteiger partial charge in [0.15, 0.2) is 0 Å². The van der Waals surface area contributed by atoms with Crippen LogP contribution >= 0.6 is 27.7 Å². The van der Waals surface area contributed by atoms with Gasteiger partial charge in [-0.25, -0.2) is 4.98 Å². The number of fused-ring (bicyclic) bond motifs is 1. The Morgan fingerprint density at radius 1 is 1.22 bits per heavy atom. The van der Waals surface area contributed by atoms with Crippen molar-refractivity contribution in [3.63, 3.8) is 0 Å². The molecule has 2 aromatic carbocycles. The Bertz CT molecular complexity index is 1030. The normalized spacial score (nSPS) is 11.1. The molecular weight excluding hydrogens is 440 g/mol. The number of rotatable bonds is 6. The summed E-state index contributed by atoms with van der Waals surface area (Å²) in [7, 11) is 0. The fourth-order valence-corrected chi connectivity index (χ4v) is 3.32. The van der Waals surface area contributed by atoms with Crippen molar-refractivity contribution >= 4 is 50.2 Å². The highest BCUT2D eigenvalue weighted by Gasteiger charge is 2.09. The smallest absolute Gasteiger partial charge is 0.288 e. The van der Waals surface area contributed by atoms with E-state index in [1.54, 1.807) is 30.3 Å². The van der Waals surface area contributed by atoms with E-state index in [2.05, 4.69) is 26.2 Å². The number of carbonyl (C=O) groups is 1. The predicted octanol–water partition coefficient (Wildman–Crippen LogP) is 4.50. The van der Waals surface area contributed by atoms with Gasteiger partial charge in [-0.1, -0.05) is 27.7 Å². The van der Waals surface area contributed by atoms with Crippen LogP contribution in [-0.2, 0) is 11.3 Å². The zero-order chi connectivity index (χ0) is 19.4. The van der Waals surface area contributed by atoms with Crippen LogP contribution < -0.4 is 10.9 Å². The number of halogens is 3. The standard InChI is InChI=1S/C18H14BrF2N3O2S/c19-11-1-6-15-14(9-11)17(26)24(10-22-15)8-7-16(25)23-12-2-4-13(5-3-12)27-18(20)21/h1-6,9-10,18H,7-8H2,(H,23,25). The zero-order valence-electron chi connectivity index (χ0n) is 13.9. The molecule has 27 heavy (non-hydrogen) atoms. The largest absolute Gasteiger partial charge is 0.326 e. The Morgan fingerprint density at radius 3 is 2.67 bits per heavy atom. The van der Waals surface area contributed by atoms with E-state index in [9.17, 15) is 18.4 Å². The van der Waals surface area contributed by atoms with Crippen molar-refractivity contribution in [2.45, 2.75) is 23.6 Å². The number of aryl methyl sites for hydroxylation is 1. The summed E-state index contributed by atoms with van der Waals surface area (Å²) in [6.07, 6.45) is 1.50. The number of hydrogen-bond donors (Lipinski definition) is 1. The maximum atomic E-state index is 12.5. The Morgan fingerprint density at radius 2 is 1.96 bits per heavy atom. The highest BCUT2D eigenvalue weighted by molar-refractivity contribution is 9.10. The van der Waals surface area contributed by atoms with Gasteiger partial charge in [0.05, 0.1) is 17.2 Å². The number of nitrogens with one attached hydrogen (secondary N) is 1. The third-order valence-corrected chi connectivity index (χ3v) is 4.94. The number of benzene rings is 2. The van der Waals surface area contributed by atoms with E-state index in [-0.39, 0.29) is 24.4 Å². The summed E-state index contributed by atoms with van der Waals surface area (Å²) in [5, 5.41) is 3.15. The van der Waals surface area contributed by atoms with Gasteiger partial charge in [0.1, 0.15) is 0 Å². The maximum Gasteiger partial charge on any atom is 0.288 e. The van der Waals surface area contributed by atoms with E-state index in [4.69, 9.17) is 0 Å². The minimum atomic E-state index is -2.49. The predicted molar refractivity (Wildman–Crippen MR) is 105 cm³/mol. The molecule has 1 N–H and O–H groups in total. The lowest BCUT2D eigenvalue weighted by molar-refractivity contribution is -0.116. The van der Waals surface area contributed by atoms with E-state index in [1.807, 2.05) is 0 Å². The molecule has 0 atom stereocenters. The minimum absolute atomic E-state index is 0.0780. The molecule has 1 heterocycles. The molecule has 1 amide bonds. The second-order valence-corrected chi connectivity index (χ2v) is 7.58. The summed E-state index contributed by atoms with van der Waals surface area (Å²) in [5.74, 6) is -2.77. The number of alkyl halides is 2. The molecule has 0 bridgehead atoms. The SMILES string of the molecule is O=C(CCn1cnc2ccc(Br)cc2c1=O)Nc1ccc(SC(F)F)cc1. The summed E-state index contributed by atoms with van der Waals surface area (Å²) < 4.78 is 26.8. The van der Waals surface area contributed by atoms with Gasteiger partial charge < -0.3 is 5.32 Å². The fraction of sp³-hybridized carbons (Fsp3) is 0.167. The van der Waals surface area contributed by atoms with Gasteiger partial charge in [0, 0.05) is 28.0 Å². The fourth-order valence-electron chi connectivity index (χ4n) is 2.46. The second-order valence-electron chi connectivity index (χ2n) is 5.61. The van der Waals surface area contributed by atoms with Gasteiger partial charge in [-0.05, 0) is 42.5 Å². The second kappa shape index (κ2) is 8.62. The average molecular weight is 454 g/mol. The number of thioether (sulfide) groups is 1. The highest BCUT2D eigenvalue weighted by atomic mass is 79.9. The lowest BCUT2D eigenvalue weighted by Gasteiger charge is -2.08. The summed E-state index contributed by atoms with van der Waals surface area (Å²) in [4.78, 5) is 29.2. The first-order valence-corrected chi connectivity index (χ1v) is 9.59. The molecule has 0 radical (unpaired) electrons. The van der Waals surface area contributed by atoms with Crippen LogP contribution in [0.15, 0.2) is 63.0 Å². The molecule has 0 aliphatic heterocycles. The molecular formula is C18H14BrF2N3O2S. The highest BCUT2D eigenvalue weighted by Crippen LogP contribution is 2.26. The van der Waals surface area contributed by atoms with Crippen LogP contribution in [0, 0.1) is 0 Å². The summed E-state index contributed by atoms with van der Waals surface area (Å²) in [6.45, 7) is 0.180. The number of anilines is 1. The van der Waals surface area contributed by atoms with Crippen molar-refractivity contribution in [1.82, 2.24) is 9.55 Å². The molecule has 9 heteroatoms.